The minimum absolute atomic E-state index is 0.334. The molecule has 0 bridgehead atoms. The predicted molar refractivity (Wildman–Crippen MR) is 125 cm³/mol. The number of benzene rings is 2. The molecule has 0 aromatic heterocycles. The van der Waals surface area contributed by atoms with Crippen LogP contribution in [-0.4, -0.2) is 61.5 Å². The fourth-order valence-electron chi connectivity index (χ4n) is 4.39. The van der Waals surface area contributed by atoms with E-state index in [1.54, 1.807) is 0 Å². The third-order valence-corrected chi connectivity index (χ3v) is 6.60. The average molecular weight is 422 g/mol. The quantitative estimate of drug-likeness (QED) is 0.676. The van der Waals surface area contributed by atoms with Crippen molar-refractivity contribution in [1.82, 2.24) is 9.80 Å². The van der Waals surface area contributed by atoms with E-state index < -0.39 is 0 Å². The van der Waals surface area contributed by atoms with Crippen molar-refractivity contribution in [2.45, 2.75) is 32.8 Å². The zero-order valence-corrected chi connectivity index (χ0v) is 18.7. The Bertz CT molecular complexity index is 808. The van der Waals surface area contributed by atoms with Crippen LogP contribution >= 0.6 is 0 Å². The molecule has 0 aliphatic carbocycles. The summed E-state index contributed by atoms with van der Waals surface area (Å²) < 4.78 is 5.90. The van der Waals surface area contributed by atoms with Gasteiger partial charge in [-0.1, -0.05) is 37.3 Å². The highest BCUT2D eigenvalue weighted by Crippen LogP contribution is 2.22. The number of hydrogen-bond donors (Lipinski definition) is 0. The highest BCUT2D eigenvalue weighted by molar-refractivity contribution is 5.76. The lowest BCUT2D eigenvalue weighted by atomic mass is 9.99. The fourth-order valence-corrected chi connectivity index (χ4v) is 4.39. The van der Waals surface area contributed by atoms with E-state index in [1.165, 1.54) is 11.3 Å². The molecular weight excluding hydrogens is 386 g/mol. The fraction of sp³-hybridized carbons (Fsp3) is 0.500. The molecule has 2 aliphatic heterocycles. The van der Waals surface area contributed by atoms with E-state index in [-0.39, 0.29) is 0 Å². The summed E-state index contributed by atoms with van der Waals surface area (Å²) in [6, 6.07) is 18.7. The molecule has 0 saturated carbocycles. The Morgan fingerprint density at radius 2 is 1.58 bits per heavy atom. The number of carbonyl (C=O) groups excluding carboxylic acids is 1. The van der Waals surface area contributed by atoms with Gasteiger partial charge in [-0.3, -0.25) is 9.69 Å². The van der Waals surface area contributed by atoms with Crippen molar-refractivity contribution in [3.05, 3.63) is 60.2 Å². The minimum atomic E-state index is 0.334. The number of likely N-dealkylation sites (tertiary alicyclic amines) is 1. The van der Waals surface area contributed by atoms with E-state index in [0.29, 0.717) is 18.9 Å². The van der Waals surface area contributed by atoms with Crippen LogP contribution in [0.4, 0.5) is 5.69 Å². The number of piperazine rings is 1. The molecule has 2 aromatic carbocycles. The molecule has 0 atom stereocenters. The van der Waals surface area contributed by atoms with E-state index in [1.807, 2.05) is 18.2 Å². The van der Waals surface area contributed by atoms with Crippen LogP contribution in [0.15, 0.2) is 54.6 Å². The molecule has 5 heteroatoms. The molecule has 2 saturated heterocycles. The maximum absolute atomic E-state index is 12.5. The number of anilines is 1. The van der Waals surface area contributed by atoms with Gasteiger partial charge in [0.25, 0.3) is 0 Å². The van der Waals surface area contributed by atoms with Crippen LogP contribution < -0.4 is 9.64 Å². The van der Waals surface area contributed by atoms with Crippen molar-refractivity contribution in [3.63, 3.8) is 0 Å². The molecule has 2 fully saturated rings. The largest absolute Gasteiger partial charge is 0.489 e. The third kappa shape index (κ3) is 6.23. The normalized spacial score (nSPS) is 18.2. The highest BCUT2D eigenvalue weighted by Gasteiger charge is 2.22. The number of rotatable bonds is 7. The smallest absolute Gasteiger partial charge is 0.223 e. The number of carbonyl (C=O) groups is 1. The number of nitrogens with zero attached hydrogens (tertiary/aromatic N) is 3. The van der Waals surface area contributed by atoms with Gasteiger partial charge in [-0.15, -0.1) is 0 Å². The van der Waals surface area contributed by atoms with E-state index in [0.717, 1.165) is 70.3 Å². The standard InChI is InChI=1S/C26H35N3O2/c1-22-11-15-29(16-12-22)26(30)13-14-27-17-19-28(20-18-27)24-7-9-25(10-8-24)31-21-23-5-3-2-4-6-23/h2-10,22H,11-21H2,1H3. The van der Waals surface area contributed by atoms with Crippen LogP contribution in [-0.2, 0) is 11.4 Å². The second-order valence-electron chi connectivity index (χ2n) is 8.91. The summed E-state index contributed by atoms with van der Waals surface area (Å²) in [5, 5.41) is 0. The Balaban J connectivity index is 1.17. The molecule has 2 heterocycles. The van der Waals surface area contributed by atoms with Gasteiger partial charge in [0.2, 0.25) is 5.91 Å². The number of amides is 1. The second kappa shape index (κ2) is 10.7. The van der Waals surface area contributed by atoms with Crippen LogP contribution in [0.1, 0.15) is 31.7 Å². The summed E-state index contributed by atoms with van der Waals surface area (Å²) >= 11 is 0. The number of piperidine rings is 1. The van der Waals surface area contributed by atoms with Gasteiger partial charge in [-0.25, -0.2) is 0 Å². The first-order chi connectivity index (χ1) is 15.2. The molecule has 166 valence electrons. The zero-order chi connectivity index (χ0) is 21.5. The van der Waals surface area contributed by atoms with Gasteiger partial charge in [-0.2, -0.15) is 0 Å². The van der Waals surface area contributed by atoms with Crippen molar-refractivity contribution >= 4 is 11.6 Å². The van der Waals surface area contributed by atoms with Crippen LogP contribution in [0.2, 0.25) is 0 Å². The summed E-state index contributed by atoms with van der Waals surface area (Å²) in [5.74, 6) is 2.00. The average Bonchev–Trinajstić information content (AvgIpc) is 2.83. The Kier molecular flexibility index (Phi) is 7.47. The molecule has 2 aliphatic rings. The Morgan fingerprint density at radius 1 is 0.903 bits per heavy atom. The lowest BCUT2D eigenvalue weighted by molar-refractivity contribution is -0.132. The second-order valence-corrected chi connectivity index (χ2v) is 8.91. The summed E-state index contributed by atoms with van der Waals surface area (Å²) in [6.07, 6.45) is 2.96. The van der Waals surface area contributed by atoms with Crippen LogP contribution in [0.3, 0.4) is 0 Å². The lowest BCUT2D eigenvalue weighted by Crippen LogP contribution is -2.47. The van der Waals surface area contributed by atoms with Gasteiger partial charge >= 0.3 is 0 Å². The van der Waals surface area contributed by atoms with Gasteiger partial charge in [-0.05, 0) is 48.6 Å². The van der Waals surface area contributed by atoms with Crippen LogP contribution in [0.25, 0.3) is 0 Å². The summed E-state index contributed by atoms with van der Waals surface area (Å²) in [6.45, 7) is 9.66. The monoisotopic (exact) mass is 421 g/mol. The van der Waals surface area contributed by atoms with Crippen molar-refractivity contribution in [3.8, 4) is 5.75 Å². The van der Waals surface area contributed by atoms with E-state index in [2.05, 4.69) is 58.0 Å². The van der Waals surface area contributed by atoms with Crippen molar-refractivity contribution < 1.29 is 9.53 Å². The minimum Gasteiger partial charge on any atom is -0.489 e. The highest BCUT2D eigenvalue weighted by atomic mass is 16.5. The van der Waals surface area contributed by atoms with Gasteiger partial charge in [0, 0.05) is 57.9 Å². The Morgan fingerprint density at radius 3 is 2.26 bits per heavy atom. The molecular formula is C26H35N3O2. The van der Waals surface area contributed by atoms with Gasteiger partial charge < -0.3 is 14.5 Å². The summed E-state index contributed by atoms with van der Waals surface area (Å²) in [7, 11) is 0. The number of ether oxygens (including phenoxy) is 1. The maximum Gasteiger partial charge on any atom is 0.223 e. The molecule has 1 amide bonds. The summed E-state index contributed by atoms with van der Waals surface area (Å²) in [5.41, 5.74) is 2.42. The Labute approximate surface area is 186 Å². The Hall–Kier alpha value is -2.53. The van der Waals surface area contributed by atoms with Crippen molar-refractivity contribution in [2.24, 2.45) is 5.92 Å². The van der Waals surface area contributed by atoms with E-state index in [4.69, 9.17) is 4.74 Å². The van der Waals surface area contributed by atoms with Crippen molar-refractivity contribution in [2.75, 3.05) is 50.7 Å². The van der Waals surface area contributed by atoms with Crippen molar-refractivity contribution in [1.29, 1.82) is 0 Å². The molecule has 0 spiro atoms. The SMILES string of the molecule is CC1CCN(C(=O)CCN2CCN(c3ccc(OCc4ccccc4)cc3)CC2)CC1. The van der Waals surface area contributed by atoms with E-state index in [9.17, 15) is 4.79 Å². The molecule has 5 nitrogen and oxygen atoms in total. The first-order valence-corrected chi connectivity index (χ1v) is 11.7. The molecule has 4 rings (SSSR count). The molecule has 0 N–H and O–H groups in total. The number of hydrogen-bond acceptors (Lipinski definition) is 4. The lowest BCUT2D eigenvalue weighted by Gasteiger charge is -2.36. The van der Waals surface area contributed by atoms with Gasteiger partial charge in [0.05, 0.1) is 0 Å². The molecule has 31 heavy (non-hydrogen) atoms. The van der Waals surface area contributed by atoms with Crippen LogP contribution in [0, 0.1) is 5.92 Å². The predicted octanol–water partition coefficient (Wildman–Crippen LogP) is 4.04. The molecule has 0 radical (unpaired) electrons. The topological polar surface area (TPSA) is 36.0 Å². The van der Waals surface area contributed by atoms with E-state index >= 15 is 0 Å². The van der Waals surface area contributed by atoms with Crippen LogP contribution in [0.5, 0.6) is 5.75 Å². The third-order valence-electron chi connectivity index (χ3n) is 6.60. The molecule has 2 aromatic rings. The van der Waals surface area contributed by atoms with Gasteiger partial charge in [0.15, 0.2) is 0 Å². The summed E-state index contributed by atoms with van der Waals surface area (Å²) in [4.78, 5) is 19.4. The first kappa shape index (κ1) is 21.7. The molecule has 0 unspecified atom stereocenters. The first-order valence-electron chi connectivity index (χ1n) is 11.7. The maximum atomic E-state index is 12.5. The zero-order valence-electron chi connectivity index (χ0n) is 18.7. The van der Waals surface area contributed by atoms with Gasteiger partial charge in [0.1, 0.15) is 12.4 Å².